The smallest absolute Gasteiger partial charge is 0.203 e. The first-order valence-electron chi connectivity index (χ1n) is 8.79. The molecule has 0 radical (unpaired) electrons. The first kappa shape index (κ1) is 20.1. The molecule has 1 heterocycles. The highest BCUT2D eigenvalue weighted by Gasteiger charge is 2.30. The fourth-order valence-corrected chi connectivity index (χ4v) is 4.08. The van der Waals surface area contributed by atoms with Gasteiger partial charge < -0.3 is 19.5 Å². The normalized spacial score (nSPS) is 16.0. The SMILES string of the molecule is COc1ccc(C(c2ccc(Cl)cc2Cl)N2CCNCC2)c(OC)c1OC. The Morgan fingerprint density at radius 1 is 0.889 bits per heavy atom. The summed E-state index contributed by atoms with van der Waals surface area (Å²) < 4.78 is 16.8. The minimum Gasteiger partial charge on any atom is -0.493 e. The van der Waals surface area contributed by atoms with Crippen LogP contribution in [0.2, 0.25) is 10.0 Å². The fourth-order valence-electron chi connectivity index (χ4n) is 3.56. The van der Waals surface area contributed by atoms with Crippen LogP contribution in [0.3, 0.4) is 0 Å². The van der Waals surface area contributed by atoms with E-state index < -0.39 is 0 Å². The third-order valence-corrected chi connectivity index (χ3v) is 5.37. The zero-order chi connectivity index (χ0) is 19.4. The molecule has 1 aliphatic heterocycles. The van der Waals surface area contributed by atoms with Gasteiger partial charge in [0.05, 0.1) is 27.4 Å². The third kappa shape index (κ3) is 4.11. The molecule has 1 saturated heterocycles. The standard InChI is InChI=1S/C20H24Cl2N2O3/c1-25-17-7-6-15(19(26-2)20(17)27-3)18(24-10-8-23-9-11-24)14-5-4-13(21)12-16(14)22/h4-7,12,18,23H,8-11H2,1-3H3. The number of hydrogen-bond acceptors (Lipinski definition) is 5. The molecule has 0 amide bonds. The van der Waals surface area contributed by atoms with E-state index in [4.69, 9.17) is 37.4 Å². The van der Waals surface area contributed by atoms with Crippen molar-refractivity contribution in [2.45, 2.75) is 6.04 Å². The van der Waals surface area contributed by atoms with Gasteiger partial charge in [0.1, 0.15) is 0 Å². The third-order valence-electron chi connectivity index (χ3n) is 4.80. The monoisotopic (exact) mass is 410 g/mol. The van der Waals surface area contributed by atoms with Crippen LogP contribution in [0.4, 0.5) is 0 Å². The lowest BCUT2D eigenvalue weighted by molar-refractivity contribution is 0.194. The molecule has 1 aliphatic rings. The Balaban J connectivity index is 2.18. The van der Waals surface area contributed by atoms with Gasteiger partial charge in [0.15, 0.2) is 11.5 Å². The number of hydrogen-bond donors (Lipinski definition) is 1. The Hall–Kier alpha value is -1.66. The Morgan fingerprint density at radius 3 is 2.15 bits per heavy atom. The molecule has 0 bridgehead atoms. The summed E-state index contributed by atoms with van der Waals surface area (Å²) in [6.07, 6.45) is 0. The minimum absolute atomic E-state index is 0.0911. The molecule has 27 heavy (non-hydrogen) atoms. The molecule has 5 nitrogen and oxygen atoms in total. The molecule has 146 valence electrons. The van der Waals surface area contributed by atoms with Crippen LogP contribution in [-0.2, 0) is 0 Å². The topological polar surface area (TPSA) is 43.0 Å². The molecule has 3 rings (SSSR count). The van der Waals surface area contributed by atoms with E-state index in [0.29, 0.717) is 27.3 Å². The van der Waals surface area contributed by atoms with Crippen molar-refractivity contribution in [3.8, 4) is 17.2 Å². The molecule has 0 aromatic heterocycles. The first-order chi connectivity index (χ1) is 13.1. The minimum atomic E-state index is -0.0911. The van der Waals surface area contributed by atoms with Crippen molar-refractivity contribution in [2.24, 2.45) is 0 Å². The molecule has 1 fully saturated rings. The number of methoxy groups -OCH3 is 3. The van der Waals surface area contributed by atoms with E-state index in [1.807, 2.05) is 24.3 Å². The van der Waals surface area contributed by atoms with Gasteiger partial charge in [0, 0.05) is 41.8 Å². The van der Waals surface area contributed by atoms with Gasteiger partial charge in [-0.25, -0.2) is 0 Å². The van der Waals surface area contributed by atoms with E-state index in [0.717, 1.165) is 37.3 Å². The van der Waals surface area contributed by atoms with E-state index in [1.165, 1.54) is 0 Å². The van der Waals surface area contributed by atoms with Crippen LogP contribution in [0.15, 0.2) is 30.3 Å². The van der Waals surface area contributed by atoms with Crippen molar-refractivity contribution >= 4 is 23.2 Å². The Kier molecular flexibility index (Phi) is 6.71. The molecule has 0 aliphatic carbocycles. The predicted molar refractivity (Wildman–Crippen MR) is 109 cm³/mol. The van der Waals surface area contributed by atoms with Gasteiger partial charge in [0.25, 0.3) is 0 Å². The van der Waals surface area contributed by atoms with Gasteiger partial charge in [-0.1, -0.05) is 29.3 Å². The zero-order valence-electron chi connectivity index (χ0n) is 15.7. The molecule has 0 spiro atoms. The molecular weight excluding hydrogens is 387 g/mol. The summed E-state index contributed by atoms with van der Waals surface area (Å²) in [5.41, 5.74) is 1.95. The summed E-state index contributed by atoms with van der Waals surface area (Å²) in [5.74, 6) is 1.84. The second kappa shape index (κ2) is 9.02. The number of benzene rings is 2. The van der Waals surface area contributed by atoms with Gasteiger partial charge in [-0.05, 0) is 29.8 Å². The van der Waals surface area contributed by atoms with Crippen LogP contribution in [0, 0.1) is 0 Å². The van der Waals surface area contributed by atoms with Crippen LogP contribution in [0.25, 0.3) is 0 Å². The van der Waals surface area contributed by atoms with E-state index in [-0.39, 0.29) is 6.04 Å². The lowest BCUT2D eigenvalue weighted by Crippen LogP contribution is -2.45. The van der Waals surface area contributed by atoms with Crippen molar-refractivity contribution in [3.63, 3.8) is 0 Å². The predicted octanol–water partition coefficient (Wildman–Crippen LogP) is 4.01. The molecular formula is C20H24Cl2N2O3. The van der Waals surface area contributed by atoms with Gasteiger partial charge in [-0.2, -0.15) is 0 Å². The molecule has 2 aromatic carbocycles. The second-order valence-corrected chi connectivity index (χ2v) is 7.12. The molecule has 1 N–H and O–H groups in total. The number of nitrogens with one attached hydrogen (secondary N) is 1. The number of ether oxygens (including phenoxy) is 3. The lowest BCUT2D eigenvalue weighted by Gasteiger charge is -2.36. The lowest BCUT2D eigenvalue weighted by atomic mass is 9.94. The van der Waals surface area contributed by atoms with Gasteiger partial charge in [-0.3, -0.25) is 4.90 Å². The summed E-state index contributed by atoms with van der Waals surface area (Å²) >= 11 is 12.7. The van der Waals surface area contributed by atoms with Crippen molar-refractivity contribution in [2.75, 3.05) is 47.5 Å². The zero-order valence-corrected chi connectivity index (χ0v) is 17.2. The Morgan fingerprint density at radius 2 is 1.56 bits per heavy atom. The number of rotatable bonds is 6. The highest BCUT2D eigenvalue weighted by molar-refractivity contribution is 6.35. The van der Waals surface area contributed by atoms with Gasteiger partial charge >= 0.3 is 0 Å². The average molecular weight is 411 g/mol. The van der Waals surface area contributed by atoms with Crippen molar-refractivity contribution in [1.29, 1.82) is 0 Å². The van der Waals surface area contributed by atoms with Crippen molar-refractivity contribution in [3.05, 3.63) is 51.5 Å². The summed E-state index contributed by atoms with van der Waals surface area (Å²) in [6, 6.07) is 9.44. The van der Waals surface area contributed by atoms with Crippen LogP contribution in [0.5, 0.6) is 17.2 Å². The van der Waals surface area contributed by atoms with E-state index in [9.17, 15) is 0 Å². The summed E-state index contributed by atoms with van der Waals surface area (Å²) in [7, 11) is 4.86. The van der Waals surface area contributed by atoms with E-state index >= 15 is 0 Å². The summed E-state index contributed by atoms with van der Waals surface area (Å²) in [6.45, 7) is 3.61. The maximum Gasteiger partial charge on any atom is 0.203 e. The van der Waals surface area contributed by atoms with E-state index in [1.54, 1.807) is 27.4 Å². The number of halogens is 2. The second-order valence-electron chi connectivity index (χ2n) is 6.28. The van der Waals surface area contributed by atoms with Crippen LogP contribution in [-0.4, -0.2) is 52.4 Å². The molecule has 1 unspecified atom stereocenters. The molecule has 0 saturated carbocycles. The van der Waals surface area contributed by atoms with E-state index in [2.05, 4.69) is 10.2 Å². The highest BCUT2D eigenvalue weighted by Crippen LogP contribution is 2.46. The maximum atomic E-state index is 6.60. The Bertz CT molecular complexity index is 795. The summed E-state index contributed by atoms with van der Waals surface area (Å²) in [5, 5.41) is 4.63. The maximum absolute atomic E-state index is 6.60. The van der Waals surface area contributed by atoms with Crippen molar-refractivity contribution < 1.29 is 14.2 Å². The van der Waals surface area contributed by atoms with Crippen LogP contribution >= 0.6 is 23.2 Å². The highest BCUT2D eigenvalue weighted by atomic mass is 35.5. The number of nitrogens with zero attached hydrogens (tertiary/aromatic N) is 1. The number of piperazine rings is 1. The summed E-state index contributed by atoms with van der Waals surface area (Å²) in [4.78, 5) is 2.38. The quantitative estimate of drug-likeness (QED) is 0.778. The molecule has 7 heteroatoms. The average Bonchev–Trinajstić information content (AvgIpc) is 2.69. The molecule has 2 aromatic rings. The fraction of sp³-hybridized carbons (Fsp3) is 0.400. The van der Waals surface area contributed by atoms with Crippen molar-refractivity contribution in [1.82, 2.24) is 10.2 Å². The Labute approximate surface area is 170 Å². The van der Waals surface area contributed by atoms with Gasteiger partial charge in [0.2, 0.25) is 5.75 Å². The molecule has 1 atom stereocenters. The first-order valence-corrected chi connectivity index (χ1v) is 9.54. The largest absolute Gasteiger partial charge is 0.493 e. The van der Waals surface area contributed by atoms with Crippen LogP contribution in [0.1, 0.15) is 17.2 Å². The van der Waals surface area contributed by atoms with Gasteiger partial charge in [-0.15, -0.1) is 0 Å². The van der Waals surface area contributed by atoms with Crippen LogP contribution < -0.4 is 19.5 Å².